The highest BCUT2D eigenvalue weighted by Crippen LogP contribution is 2.44. The van der Waals surface area contributed by atoms with Gasteiger partial charge in [0.25, 0.3) is 5.91 Å². The molecule has 3 nitrogen and oxygen atoms in total. The van der Waals surface area contributed by atoms with Crippen LogP contribution in [0.25, 0.3) is 0 Å². The Hall–Kier alpha value is -0.850. The fourth-order valence-corrected chi connectivity index (χ4v) is 1.05. The molecule has 0 aliphatic heterocycles. The van der Waals surface area contributed by atoms with Gasteiger partial charge in [0.2, 0.25) is 0 Å². The van der Waals surface area contributed by atoms with Gasteiger partial charge in [-0.2, -0.15) is 8.78 Å². The van der Waals surface area contributed by atoms with E-state index in [1.165, 1.54) is 0 Å². The molecule has 0 aromatic heterocycles. The fraction of sp³-hybridized carbons (Fsp3) is 0.875. The van der Waals surface area contributed by atoms with Crippen molar-refractivity contribution < 1.29 is 27.5 Å². The molecule has 1 saturated carbocycles. The normalized spacial score (nSPS) is 19.1. The average Bonchev–Trinajstić information content (AvgIpc) is 2.94. The zero-order valence-electron chi connectivity index (χ0n) is 7.77. The number of rotatable bonds is 5. The number of aliphatic hydroxyl groups is 1. The summed E-state index contributed by atoms with van der Waals surface area (Å²) in [6.45, 7) is -0.432. The molecule has 1 rings (SSSR count). The quantitative estimate of drug-likeness (QED) is 0.684. The number of amides is 1. The lowest BCUT2D eigenvalue weighted by molar-refractivity contribution is -0.169. The van der Waals surface area contributed by atoms with Gasteiger partial charge in [0.1, 0.15) is 0 Å². The van der Waals surface area contributed by atoms with Crippen LogP contribution in [0.4, 0.5) is 17.6 Å². The van der Waals surface area contributed by atoms with Crippen molar-refractivity contribution in [2.75, 3.05) is 13.2 Å². The third kappa shape index (κ3) is 2.58. The number of nitrogens with one attached hydrogen (secondary N) is 1. The molecule has 7 heteroatoms. The van der Waals surface area contributed by atoms with E-state index in [-0.39, 0.29) is 13.2 Å². The number of aliphatic hydroxyl groups excluding tert-OH is 1. The van der Waals surface area contributed by atoms with Crippen LogP contribution in [-0.4, -0.2) is 36.5 Å². The van der Waals surface area contributed by atoms with Crippen LogP contribution >= 0.6 is 0 Å². The van der Waals surface area contributed by atoms with Gasteiger partial charge in [-0.1, -0.05) is 0 Å². The fourth-order valence-electron chi connectivity index (χ4n) is 1.05. The van der Waals surface area contributed by atoms with E-state index >= 15 is 0 Å². The molecule has 0 spiro atoms. The number of hydrogen-bond acceptors (Lipinski definition) is 2. The van der Waals surface area contributed by atoms with Crippen molar-refractivity contribution >= 4 is 5.91 Å². The van der Waals surface area contributed by atoms with Crippen molar-refractivity contribution in [3.8, 4) is 0 Å². The van der Waals surface area contributed by atoms with Crippen molar-refractivity contribution in [1.29, 1.82) is 0 Å². The van der Waals surface area contributed by atoms with E-state index in [0.717, 1.165) is 0 Å². The largest absolute Gasteiger partial charge is 0.396 e. The monoisotopic (exact) mass is 229 g/mol. The molecule has 0 atom stereocenters. The molecule has 1 aliphatic rings. The van der Waals surface area contributed by atoms with E-state index in [9.17, 15) is 22.4 Å². The summed E-state index contributed by atoms with van der Waals surface area (Å²) in [5, 5.41) is 10.5. The summed E-state index contributed by atoms with van der Waals surface area (Å²) in [6.07, 6.45) is -2.81. The minimum Gasteiger partial charge on any atom is -0.396 e. The second kappa shape index (κ2) is 3.96. The molecule has 2 N–H and O–H groups in total. The van der Waals surface area contributed by atoms with Crippen LogP contribution in [-0.2, 0) is 4.79 Å². The van der Waals surface area contributed by atoms with E-state index in [0.29, 0.717) is 12.8 Å². The van der Waals surface area contributed by atoms with Crippen LogP contribution in [0.2, 0.25) is 0 Å². The predicted molar refractivity (Wildman–Crippen MR) is 42.7 cm³/mol. The van der Waals surface area contributed by atoms with Gasteiger partial charge in [-0.05, 0) is 12.8 Å². The highest BCUT2D eigenvalue weighted by Gasteiger charge is 2.50. The van der Waals surface area contributed by atoms with Gasteiger partial charge in [0.05, 0.1) is 6.61 Å². The molecule has 0 radical (unpaired) electrons. The van der Waals surface area contributed by atoms with Crippen LogP contribution in [0.3, 0.4) is 0 Å². The van der Waals surface area contributed by atoms with Gasteiger partial charge >= 0.3 is 12.3 Å². The molecule has 88 valence electrons. The highest BCUT2D eigenvalue weighted by atomic mass is 19.3. The maximum atomic E-state index is 12.4. The molecule has 0 aromatic carbocycles. The van der Waals surface area contributed by atoms with Gasteiger partial charge in [0.15, 0.2) is 0 Å². The molecule has 0 saturated heterocycles. The lowest BCUT2D eigenvalue weighted by atomic mass is 10.1. The van der Waals surface area contributed by atoms with Gasteiger partial charge in [0, 0.05) is 12.0 Å². The number of halogens is 4. The van der Waals surface area contributed by atoms with Gasteiger partial charge in [-0.3, -0.25) is 4.79 Å². The Labute approximate surface area is 83.5 Å². The number of carbonyl (C=O) groups is 1. The van der Waals surface area contributed by atoms with E-state index in [1.807, 2.05) is 0 Å². The second-order valence-electron chi connectivity index (χ2n) is 3.76. The summed E-state index contributed by atoms with van der Waals surface area (Å²) in [4.78, 5) is 10.7. The molecule has 0 heterocycles. The summed E-state index contributed by atoms with van der Waals surface area (Å²) in [6, 6.07) is 0. The van der Waals surface area contributed by atoms with Crippen LogP contribution in [0.5, 0.6) is 0 Å². The molecule has 0 aromatic rings. The lowest BCUT2D eigenvalue weighted by Gasteiger charge is -2.17. The van der Waals surface area contributed by atoms with Crippen molar-refractivity contribution in [3.05, 3.63) is 0 Å². The standard InChI is InChI=1S/C8H11F4NO2/c9-5(10)8(11,12)6(15)13-3-7(4-14)1-2-7/h5,14H,1-4H2,(H,13,15). The molecule has 1 fully saturated rings. The Morgan fingerprint density at radius 2 is 2.00 bits per heavy atom. The molecule has 0 unspecified atom stereocenters. The highest BCUT2D eigenvalue weighted by molar-refractivity contribution is 5.83. The Balaban J connectivity index is 2.42. The number of hydrogen-bond donors (Lipinski definition) is 2. The zero-order chi connectivity index (χ0) is 11.7. The van der Waals surface area contributed by atoms with E-state index in [4.69, 9.17) is 5.11 Å². The minimum atomic E-state index is -4.66. The third-order valence-corrected chi connectivity index (χ3v) is 2.49. The number of carbonyl (C=O) groups excluding carboxylic acids is 1. The molecule has 1 aliphatic carbocycles. The van der Waals surface area contributed by atoms with Crippen molar-refractivity contribution in [2.24, 2.45) is 5.41 Å². The maximum absolute atomic E-state index is 12.4. The first-order valence-electron chi connectivity index (χ1n) is 4.39. The first-order valence-corrected chi connectivity index (χ1v) is 4.39. The Morgan fingerprint density at radius 3 is 2.33 bits per heavy atom. The second-order valence-corrected chi connectivity index (χ2v) is 3.76. The third-order valence-electron chi connectivity index (χ3n) is 2.49. The van der Waals surface area contributed by atoms with Gasteiger partial charge < -0.3 is 10.4 Å². The summed E-state index contributed by atoms with van der Waals surface area (Å²) in [5.74, 6) is -6.65. The first kappa shape index (κ1) is 12.2. The molecule has 0 bridgehead atoms. The summed E-state index contributed by atoms with van der Waals surface area (Å²) in [5.41, 5.74) is -0.576. The molecular weight excluding hydrogens is 218 g/mol. The van der Waals surface area contributed by atoms with E-state index in [1.54, 1.807) is 5.32 Å². The Kier molecular flexibility index (Phi) is 3.22. The summed E-state index contributed by atoms with van der Waals surface area (Å²) >= 11 is 0. The van der Waals surface area contributed by atoms with Gasteiger partial charge in [-0.25, -0.2) is 8.78 Å². The van der Waals surface area contributed by atoms with Crippen LogP contribution in [0.1, 0.15) is 12.8 Å². The van der Waals surface area contributed by atoms with Crippen molar-refractivity contribution in [2.45, 2.75) is 25.2 Å². The predicted octanol–water partition coefficient (Wildman–Crippen LogP) is 0.775. The smallest absolute Gasteiger partial charge is 0.383 e. The zero-order valence-corrected chi connectivity index (χ0v) is 7.77. The Bertz CT molecular complexity index is 253. The van der Waals surface area contributed by atoms with Crippen LogP contribution < -0.4 is 5.32 Å². The van der Waals surface area contributed by atoms with Crippen molar-refractivity contribution in [1.82, 2.24) is 5.32 Å². The molecule has 1 amide bonds. The summed E-state index contributed by atoms with van der Waals surface area (Å²) in [7, 11) is 0. The Morgan fingerprint density at radius 1 is 1.47 bits per heavy atom. The minimum absolute atomic E-state index is 0.190. The average molecular weight is 229 g/mol. The van der Waals surface area contributed by atoms with Crippen LogP contribution in [0, 0.1) is 5.41 Å². The van der Waals surface area contributed by atoms with Crippen LogP contribution in [0.15, 0.2) is 0 Å². The maximum Gasteiger partial charge on any atom is 0.383 e. The van der Waals surface area contributed by atoms with Gasteiger partial charge in [-0.15, -0.1) is 0 Å². The first-order chi connectivity index (χ1) is 6.84. The SMILES string of the molecule is O=C(NCC1(CO)CC1)C(F)(F)C(F)F. The molecule has 15 heavy (non-hydrogen) atoms. The van der Waals surface area contributed by atoms with E-state index < -0.39 is 23.7 Å². The van der Waals surface area contributed by atoms with E-state index in [2.05, 4.69) is 0 Å². The number of alkyl halides is 4. The molecular formula is C8H11F4NO2. The lowest BCUT2D eigenvalue weighted by Crippen LogP contribution is -2.47. The van der Waals surface area contributed by atoms with Crippen molar-refractivity contribution in [3.63, 3.8) is 0 Å². The topological polar surface area (TPSA) is 49.3 Å². The summed E-state index contributed by atoms with van der Waals surface area (Å²) < 4.78 is 48.3.